The Morgan fingerprint density at radius 2 is 2.18 bits per heavy atom. The van der Waals surface area contributed by atoms with Gasteiger partial charge in [0.25, 0.3) is 5.69 Å². The number of halogens is 1. The topological polar surface area (TPSA) is 84.3 Å². The molecule has 0 aromatic heterocycles. The van der Waals surface area contributed by atoms with Gasteiger partial charge in [-0.1, -0.05) is 11.6 Å². The van der Waals surface area contributed by atoms with Gasteiger partial charge in [-0.3, -0.25) is 14.9 Å². The second-order valence-electron chi connectivity index (χ2n) is 3.42. The van der Waals surface area contributed by atoms with Gasteiger partial charge in [-0.25, -0.2) is 0 Å². The first-order valence-corrected chi connectivity index (χ1v) is 5.25. The molecular weight excluding hydrogens is 246 g/mol. The minimum absolute atomic E-state index is 0.0922. The van der Waals surface area contributed by atoms with Crippen LogP contribution in [0.3, 0.4) is 0 Å². The summed E-state index contributed by atoms with van der Waals surface area (Å²) in [4.78, 5) is 21.8. The van der Waals surface area contributed by atoms with E-state index in [1.54, 1.807) is 14.0 Å². The molecular formula is C10H12ClN3O3. The SMILES string of the molecule is CNC(C)C(=O)Nc1cc(Cl)ccc1[N+](=O)[O-]. The molecule has 0 aliphatic carbocycles. The van der Waals surface area contributed by atoms with E-state index in [-0.39, 0.29) is 17.3 Å². The first-order valence-electron chi connectivity index (χ1n) is 4.87. The number of benzene rings is 1. The van der Waals surface area contributed by atoms with Crippen LogP contribution in [0.25, 0.3) is 0 Å². The molecule has 0 aliphatic rings. The molecule has 1 atom stereocenters. The van der Waals surface area contributed by atoms with E-state index < -0.39 is 11.0 Å². The van der Waals surface area contributed by atoms with Crippen LogP contribution in [0.4, 0.5) is 11.4 Å². The molecule has 1 amide bonds. The Morgan fingerprint density at radius 1 is 1.53 bits per heavy atom. The van der Waals surface area contributed by atoms with E-state index in [1.807, 2.05) is 0 Å². The molecule has 92 valence electrons. The molecule has 17 heavy (non-hydrogen) atoms. The minimum atomic E-state index is -0.573. The highest BCUT2D eigenvalue weighted by molar-refractivity contribution is 6.31. The predicted octanol–water partition coefficient (Wildman–Crippen LogP) is 1.79. The molecule has 7 heteroatoms. The summed E-state index contributed by atoms with van der Waals surface area (Å²) < 4.78 is 0. The molecule has 1 aromatic rings. The van der Waals surface area contributed by atoms with Gasteiger partial charge in [-0.2, -0.15) is 0 Å². The van der Waals surface area contributed by atoms with Crippen LogP contribution in [-0.2, 0) is 4.79 Å². The van der Waals surface area contributed by atoms with Gasteiger partial charge in [-0.05, 0) is 26.1 Å². The second kappa shape index (κ2) is 5.60. The second-order valence-corrected chi connectivity index (χ2v) is 3.85. The van der Waals surface area contributed by atoms with E-state index in [1.165, 1.54) is 18.2 Å². The van der Waals surface area contributed by atoms with Crippen molar-refractivity contribution in [1.82, 2.24) is 5.32 Å². The maximum absolute atomic E-state index is 11.6. The molecule has 0 bridgehead atoms. The van der Waals surface area contributed by atoms with Crippen molar-refractivity contribution in [1.29, 1.82) is 0 Å². The first-order chi connectivity index (χ1) is 7.95. The third kappa shape index (κ3) is 3.40. The van der Waals surface area contributed by atoms with Crippen LogP contribution in [0.15, 0.2) is 18.2 Å². The number of nitro benzene ring substituents is 1. The van der Waals surface area contributed by atoms with Crippen LogP contribution in [0.2, 0.25) is 5.02 Å². The van der Waals surface area contributed by atoms with Gasteiger partial charge in [0.1, 0.15) is 5.69 Å². The van der Waals surface area contributed by atoms with Crippen LogP contribution in [0.5, 0.6) is 0 Å². The zero-order valence-corrected chi connectivity index (χ0v) is 10.1. The molecule has 1 aromatic carbocycles. The lowest BCUT2D eigenvalue weighted by Crippen LogP contribution is -2.35. The number of nitro groups is 1. The van der Waals surface area contributed by atoms with Gasteiger partial charge in [0.05, 0.1) is 11.0 Å². The van der Waals surface area contributed by atoms with Crippen LogP contribution >= 0.6 is 11.6 Å². The number of rotatable bonds is 4. The molecule has 0 saturated carbocycles. The number of hydrogen-bond donors (Lipinski definition) is 2. The fourth-order valence-electron chi connectivity index (χ4n) is 1.14. The molecule has 0 fully saturated rings. The number of carbonyl (C=O) groups excluding carboxylic acids is 1. The Balaban J connectivity index is 3.00. The largest absolute Gasteiger partial charge is 0.319 e. The van der Waals surface area contributed by atoms with Crippen molar-refractivity contribution in [3.8, 4) is 0 Å². The van der Waals surface area contributed by atoms with Gasteiger partial charge >= 0.3 is 0 Å². The van der Waals surface area contributed by atoms with Gasteiger partial charge in [0, 0.05) is 11.1 Å². The number of nitrogens with zero attached hydrogens (tertiary/aromatic N) is 1. The third-order valence-electron chi connectivity index (χ3n) is 2.24. The normalized spacial score (nSPS) is 11.9. The van der Waals surface area contributed by atoms with Crippen molar-refractivity contribution in [2.45, 2.75) is 13.0 Å². The Labute approximate surface area is 103 Å². The van der Waals surface area contributed by atoms with E-state index >= 15 is 0 Å². The summed E-state index contributed by atoms with van der Waals surface area (Å²) in [6.45, 7) is 1.64. The van der Waals surface area contributed by atoms with Crippen molar-refractivity contribution in [3.63, 3.8) is 0 Å². The summed E-state index contributed by atoms with van der Waals surface area (Å²) >= 11 is 5.73. The molecule has 0 spiro atoms. The molecule has 1 rings (SSSR count). The Kier molecular flexibility index (Phi) is 4.42. The smallest absolute Gasteiger partial charge is 0.292 e. The van der Waals surface area contributed by atoms with E-state index in [2.05, 4.69) is 10.6 Å². The Morgan fingerprint density at radius 3 is 2.71 bits per heavy atom. The lowest BCUT2D eigenvalue weighted by molar-refractivity contribution is -0.383. The maximum Gasteiger partial charge on any atom is 0.292 e. The highest BCUT2D eigenvalue weighted by Gasteiger charge is 2.18. The summed E-state index contributed by atoms with van der Waals surface area (Å²) in [5, 5.41) is 16.3. The predicted molar refractivity (Wildman–Crippen MR) is 65.3 cm³/mol. The number of likely N-dealkylation sites (N-methyl/N-ethyl adjacent to an activating group) is 1. The molecule has 0 radical (unpaired) electrons. The average Bonchev–Trinajstić information content (AvgIpc) is 2.27. The highest BCUT2D eigenvalue weighted by Crippen LogP contribution is 2.27. The third-order valence-corrected chi connectivity index (χ3v) is 2.47. The van der Waals surface area contributed by atoms with Crippen LogP contribution in [0, 0.1) is 10.1 Å². The van der Waals surface area contributed by atoms with Gasteiger partial charge in [-0.15, -0.1) is 0 Å². The number of carbonyl (C=O) groups is 1. The summed E-state index contributed by atoms with van der Waals surface area (Å²) in [5.74, 6) is -0.363. The summed E-state index contributed by atoms with van der Waals surface area (Å²) in [6, 6.07) is 3.55. The number of anilines is 1. The van der Waals surface area contributed by atoms with E-state index in [0.29, 0.717) is 5.02 Å². The van der Waals surface area contributed by atoms with E-state index in [9.17, 15) is 14.9 Å². The molecule has 2 N–H and O–H groups in total. The van der Waals surface area contributed by atoms with Gasteiger partial charge < -0.3 is 10.6 Å². The Bertz CT molecular complexity index is 450. The van der Waals surface area contributed by atoms with Crippen molar-refractivity contribution >= 4 is 28.9 Å². The van der Waals surface area contributed by atoms with Crippen LogP contribution in [0.1, 0.15) is 6.92 Å². The number of nitrogens with one attached hydrogen (secondary N) is 2. The van der Waals surface area contributed by atoms with Crippen molar-refractivity contribution in [2.75, 3.05) is 12.4 Å². The zero-order valence-electron chi connectivity index (χ0n) is 9.36. The number of hydrogen-bond acceptors (Lipinski definition) is 4. The van der Waals surface area contributed by atoms with Crippen molar-refractivity contribution in [3.05, 3.63) is 33.3 Å². The standard InChI is InChI=1S/C10H12ClN3O3/c1-6(12-2)10(15)13-8-5-7(11)3-4-9(8)14(16)17/h3-6,12H,1-2H3,(H,13,15). The summed E-state index contributed by atoms with van der Waals surface area (Å²) in [5.41, 5.74) is -0.0966. The lowest BCUT2D eigenvalue weighted by atomic mass is 10.2. The minimum Gasteiger partial charge on any atom is -0.319 e. The van der Waals surface area contributed by atoms with Crippen molar-refractivity contribution < 1.29 is 9.72 Å². The summed E-state index contributed by atoms with van der Waals surface area (Å²) in [7, 11) is 1.62. The highest BCUT2D eigenvalue weighted by atomic mass is 35.5. The molecule has 6 nitrogen and oxygen atoms in total. The lowest BCUT2D eigenvalue weighted by Gasteiger charge is -2.11. The van der Waals surface area contributed by atoms with Crippen molar-refractivity contribution in [2.24, 2.45) is 0 Å². The Hall–Kier alpha value is -1.66. The fraction of sp³-hybridized carbons (Fsp3) is 0.300. The zero-order chi connectivity index (χ0) is 13.0. The average molecular weight is 258 g/mol. The van der Waals surface area contributed by atoms with Gasteiger partial charge in [0.15, 0.2) is 0 Å². The monoisotopic (exact) mass is 257 g/mol. The molecule has 0 saturated heterocycles. The van der Waals surface area contributed by atoms with Crippen LogP contribution in [-0.4, -0.2) is 23.9 Å². The maximum atomic E-state index is 11.6. The summed E-state index contributed by atoms with van der Waals surface area (Å²) in [6.07, 6.45) is 0. The quantitative estimate of drug-likeness (QED) is 0.636. The molecule has 1 unspecified atom stereocenters. The first kappa shape index (κ1) is 13.4. The molecule has 0 heterocycles. The molecule has 0 aliphatic heterocycles. The van der Waals surface area contributed by atoms with E-state index in [4.69, 9.17) is 11.6 Å². The van der Waals surface area contributed by atoms with Gasteiger partial charge in [0.2, 0.25) is 5.91 Å². The van der Waals surface area contributed by atoms with E-state index in [0.717, 1.165) is 0 Å². The number of amides is 1. The fourth-order valence-corrected chi connectivity index (χ4v) is 1.31. The van der Waals surface area contributed by atoms with Crippen LogP contribution < -0.4 is 10.6 Å².